The Kier molecular flexibility index (Phi) is 5.39. The highest BCUT2D eigenvalue weighted by Crippen LogP contribution is 2.36. The van der Waals surface area contributed by atoms with Crippen molar-refractivity contribution in [2.24, 2.45) is 0 Å². The Morgan fingerprint density at radius 3 is 2.58 bits per heavy atom. The molecule has 1 aliphatic rings. The zero-order chi connectivity index (χ0) is 13.8. The first-order chi connectivity index (χ1) is 9.15. The van der Waals surface area contributed by atoms with E-state index in [9.17, 15) is 8.78 Å². The molecule has 0 aromatic heterocycles. The summed E-state index contributed by atoms with van der Waals surface area (Å²) in [6.45, 7) is 2.59. The summed E-state index contributed by atoms with van der Waals surface area (Å²) >= 11 is 12.1. The molecule has 2 rings (SSSR count). The van der Waals surface area contributed by atoms with Crippen LogP contribution < -0.4 is 5.32 Å². The molecule has 0 spiro atoms. The third-order valence-corrected chi connectivity index (χ3v) is 4.21. The average Bonchev–Trinajstić information content (AvgIpc) is 2.43. The van der Waals surface area contributed by atoms with Crippen LogP contribution in [0, 0.1) is 5.82 Å². The normalized spacial score (nSPS) is 18.5. The lowest BCUT2D eigenvalue weighted by atomic mass is 10.0. The summed E-state index contributed by atoms with van der Waals surface area (Å²) in [6, 6.07) is 2.35. The van der Waals surface area contributed by atoms with Gasteiger partial charge in [0.25, 0.3) is 0 Å². The molecule has 0 unspecified atom stereocenters. The minimum Gasteiger partial charge on any atom is -0.314 e. The summed E-state index contributed by atoms with van der Waals surface area (Å²) in [7, 11) is 0. The number of piperazine rings is 1. The van der Waals surface area contributed by atoms with Gasteiger partial charge < -0.3 is 5.32 Å². The molecule has 0 aliphatic carbocycles. The summed E-state index contributed by atoms with van der Waals surface area (Å²) in [5, 5.41) is 3.71. The van der Waals surface area contributed by atoms with Crippen LogP contribution in [0.15, 0.2) is 12.1 Å². The maximum Gasteiger partial charge on any atom is 0.129 e. The Bertz CT molecular complexity index is 437. The second-order valence-corrected chi connectivity index (χ2v) is 5.32. The highest BCUT2D eigenvalue weighted by molar-refractivity contribution is 6.42. The molecule has 1 aliphatic heterocycles. The van der Waals surface area contributed by atoms with E-state index in [-0.39, 0.29) is 17.5 Å². The fraction of sp³-hybridized carbons (Fsp3) is 0.538. The number of hydrogen-bond acceptors (Lipinski definition) is 2. The molecule has 1 aromatic rings. The van der Waals surface area contributed by atoms with Gasteiger partial charge in [-0.05, 0) is 18.6 Å². The topological polar surface area (TPSA) is 15.3 Å². The van der Waals surface area contributed by atoms with Gasteiger partial charge in [-0.25, -0.2) is 4.39 Å². The first-order valence-corrected chi connectivity index (χ1v) is 7.05. The van der Waals surface area contributed by atoms with Crippen LogP contribution >= 0.6 is 23.2 Å². The van der Waals surface area contributed by atoms with Gasteiger partial charge in [-0.3, -0.25) is 9.29 Å². The van der Waals surface area contributed by atoms with Crippen LogP contribution in [0.3, 0.4) is 0 Å². The van der Waals surface area contributed by atoms with Crippen LogP contribution in [0.25, 0.3) is 0 Å². The van der Waals surface area contributed by atoms with Gasteiger partial charge >= 0.3 is 0 Å². The minimum atomic E-state index is -0.517. The highest BCUT2D eigenvalue weighted by Gasteiger charge is 2.27. The Morgan fingerprint density at radius 2 is 1.95 bits per heavy atom. The van der Waals surface area contributed by atoms with E-state index in [0.717, 1.165) is 26.2 Å². The van der Waals surface area contributed by atoms with Crippen LogP contribution in [0.1, 0.15) is 18.0 Å². The molecule has 1 N–H and O–H groups in total. The van der Waals surface area contributed by atoms with Gasteiger partial charge in [0.2, 0.25) is 0 Å². The van der Waals surface area contributed by atoms with Crippen molar-refractivity contribution in [3.05, 3.63) is 33.6 Å². The number of benzene rings is 1. The van der Waals surface area contributed by atoms with Gasteiger partial charge in [-0.15, -0.1) is 0 Å². The van der Waals surface area contributed by atoms with E-state index >= 15 is 0 Å². The molecule has 1 fully saturated rings. The predicted octanol–water partition coefficient (Wildman–Crippen LogP) is 3.44. The second kappa shape index (κ2) is 6.84. The van der Waals surface area contributed by atoms with Crippen LogP contribution in [0.4, 0.5) is 8.78 Å². The first kappa shape index (κ1) is 15.0. The van der Waals surface area contributed by atoms with Crippen molar-refractivity contribution in [3.8, 4) is 0 Å². The first-order valence-electron chi connectivity index (χ1n) is 6.29. The monoisotopic (exact) mass is 308 g/mol. The number of halogens is 4. The lowest BCUT2D eigenvalue weighted by Crippen LogP contribution is -2.45. The van der Waals surface area contributed by atoms with Crippen LogP contribution in [-0.2, 0) is 0 Å². The van der Waals surface area contributed by atoms with Crippen LogP contribution in [0.2, 0.25) is 10.0 Å². The summed E-state index contributed by atoms with van der Waals surface area (Å²) in [5.74, 6) is -0.425. The fourth-order valence-electron chi connectivity index (χ4n) is 2.45. The number of hydrogen-bond donors (Lipinski definition) is 1. The maximum atomic E-state index is 14.1. The molecule has 1 saturated heterocycles. The molecule has 2 nitrogen and oxygen atoms in total. The Labute approximate surface area is 121 Å². The van der Waals surface area contributed by atoms with Crippen molar-refractivity contribution < 1.29 is 8.78 Å². The van der Waals surface area contributed by atoms with Gasteiger partial charge in [0.05, 0.1) is 16.7 Å². The molecule has 1 heterocycles. The molecule has 106 valence electrons. The lowest BCUT2D eigenvalue weighted by molar-refractivity contribution is 0.154. The second-order valence-electron chi connectivity index (χ2n) is 4.54. The fourth-order valence-corrected chi connectivity index (χ4v) is 2.90. The Morgan fingerprint density at radius 1 is 1.26 bits per heavy atom. The molecule has 0 bridgehead atoms. The minimum absolute atomic E-state index is 0.193. The van der Waals surface area contributed by atoms with Gasteiger partial charge in [-0.2, -0.15) is 0 Å². The Hall–Kier alpha value is -0.420. The third kappa shape index (κ3) is 3.37. The van der Waals surface area contributed by atoms with Crippen molar-refractivity contribution in [2.75, 3.05) is 32.9 Å². The number of alkyl halides is 1. The maximum absolute atomic E-state index is 14.1. The van der Waals surface area contributed by atoms with Gasteiger partial charge in [0.1, 0.15) is 5.82 Å². The van der Waals surface area contributed by atoms with Gasteiger partial charge in [-0.1, -0.05) is 23.2 Å². The zero-order valence-corrected chi connectivity index (χ0v) is 11.9. The predicted molar refractivity (Wildman–Crippen MR) is 74.2 cm³/mol. The largest absolute Gasteiger partial charge is 0.314 e. The van der Waals surface area contributed by atoms with Gasteiger partial charge in [0, 0.05) is 37.8 Å². The van der Waals surface area contributed by atoms with Crippen molar-refractivity contribution in [3.63, 3.8) is 0 Å². The molecular weight excluding hydrogens is 293 g/mol. The molecule has 0 saturated carbocycles. The van der Waals surface area contributed by atoms with E-state index in [4.69, 9.17) is 23.2 Å². The summed E-state index contributed by atoms with van der Waals surface area (Å²) in [5.41, 5.74) is 0.314. The Balaban J connectivity index is 2.35. The molecule has 0 amide bonds. The van der Waals surface area contributed by atoms with E-state index in [2.05, 4.69) is 10.2 Å². The average molecular weight is 309 g/mol. The van der Waals surface area contributed by atoms with Crippen LogP contribution in [-0.4, -0.2) is 37.8 Å². The molecule has 0 radical (unpaired) electrons. The zero-order valence-electron chi connectivity index (χ0n) is 10.4. The van der Waals surface area contributed by atoms with Crippen molar-refractivity contribution in [1.29, 1.82) is 0 Å². The van der Waals surface area contributed by atoms with E-state index in [1.54, 1.807) is 0 Å². The molecule has 1 aromatic carbocycles. The quantitative estimate of drug-likeness (QED) is 0.857. The van der Waals surface area contributed by atoms with Crippen LogP contribution in [0.5, 0.6) is 0 Å². The molecule has 19 heavy (non-hydrogen) atoms. The SMILES string of the molecule is FCC[C@@H](c1c(F)ccc(Cl)c1Cl)N1CCNCC1. The number of nitrogens with one attached hydrogen (secondary N) is 1. The van der Waals surface area contributed by atoms with Gasteiger partial charge in [0.15, 0.2) is 0 Å². The number of nitrogens with zero attached hydrogens (tertiary/aromatic N) is 1. The molecule has 6 heteroatoms. The smallest absolute Gasteiger partial charge is 0.129 e. The van der Waals surface area contributed by atoms with Crippen molar-refractivity contribution in [2.45, 2.75) is 12.5 Å². The standard InChI is InChI=1S/C13H16Cl2F2N2/c14-9-1-2-10(17)12(13(9)15)11(3-4-16)19-7-5-18-6-8-19/h1-2,11,18H,3-8H2/t11-/m0/s1. The highest BCUT2D eigenvalue weighted by atomic mass is 35.5. The van der Waals surface area contributed by atoms with Crippen molar-refractivity contribution in [1.82, 2.24) is 10.2 Å². The van der Waals surface area contributed by atoms with E-state index < -0.39 is 12.5 Å². The van der Waals surface area contributed by atoms with E-state index in [1.165, 1.54) is 12.1 Å². The summed E-state index contributed by atoms with van der Waals surface area (Å²) < 4.78 is 26.9. The van der Waals surface area contributed by atoms with E-state index in [1.807, 2.05) is 0 Å². The summed E-state index contributed by atoms with van der Waals surface area (Å²) in [6.07, 6.45) is 0.219. The molecular formula is C13H16Cl2F2N2. The number of rotatable bonds is 4. The summed E-state index contributed by atoms with van der Waals surface area (Å²) in [4.78, 5) is 2.05. The molecule has 1 atom stereocenters. The lowest BCUT2D eigenvalue weighted by Gasteiger charge is -2.35. The third-order valence-electron chi connectivity index (χ3n) is 3.39. The van der Waals surface area contributed by atoms with E-state index in [0.29, 0.717) is 10.6 Å². The van der Waals surface area contributed by atoms with Crippen molar-refractivity contribution >= 4 is 23.2 Å².